The maximum Gasteiger partial charge on any atom is 0.0390 e. The number of hydrogen-bond donors (Lipinski definition) is 1. The van der Waals surface area contributed by atoms with Crippen LogP contribution >= 0.6 is 0 Å². The van der Waals surface area contributed by atoms with Crippen molar-refractivity contribution in [2.24, 2.45) is 0 Å². The Bertz CT molecular complexity index is 492. The van der Waals surface area contributed by atoms with Gasteiger partial charge in [-0.05, 0) is 42.7 Å². The first-order valence-electron chi connectivity index (χ1n) is 5.49. The van der Waals surface area contributed by atoms with Crippen LogP contribution < -0.4 is 5.32 Å². The van der Waals surface area contributed by atoms with Crippen LogP contribution in [0.3, 0.4) is 0 Å². The number of nitrogens with one attached hydrogen (secondary N) is 1. The van der Waals surface area contributed by atoms with Crippen molar-refractivity contribution in [3.05, 3.63) is 73.0 Å². The number of hydrogen-bond acceptors (Lipinski definition) is 1. The van der Waals surface area contributed by atoms with Crippen LogP contribution in [0.1, 0.15) is 19.4 Å². The fourth-order valence-electron chi connectivity index (χ4n) is 1.37. The van der Waals surface area contributed by atoms with Crippen LogP contribution in [0.15, 0.2) is 67.4 Å². The number of anilines is 1. The van der Waals surface area contributed by atoms with Crippen molar-refractivity contribution in [2.45, 2.75) is 13.8 Å². The summed E-state index contributed by atoms with van der Waals surface area (Å²) >= 11 is 0. The van der Waals surface area contributed by atoms with Gasteiger partial charge in [0, 0.05) is 11.4 Å². The van der Waals surface area contributed by atoms with E-state index in [2.05, 4.69) is 31.6 Å². The molecule has 0 spiro atoms. The molecule has 0 unspecified atom stereocenters. The van der Waals surface area contributed by atoms with Crippen LogP contribution in [0.4, 0.5) is 5.69 Å². The van der Waals surface area contributed by atoms with Gasteiger partial charge in [0.1, 0.15) is 0 Å². The molecule has 0 aromatic heterocycles. The van der Waals surface area contributed by atoms with E-state index in [1.54, 1.807) is 0 Å². The second-order valence-corrected chi connectivity index (χ2v) is 4.22. The molecule has 0 fully saturated rings. The topological polar surface area (TPSA) is 12.0 Å². The number of allylic oxidation sites excluding steroid dienone is 2. The van der Waals surface area contributed by atoms with E-state index in [-0.39, 0.29) is 0 Å². The van der Waals surface area contributed by atoms with Gasteiger partial charge < -0.3 is 5.32 Å². The largest absolute Gasteiger partial charge is 0.356 e. The van der Waals surface area contributed by atoms with E-state index in [4.69, 9.17) is 0 Å². The summed E-state index contributed by atoms with van der Waals surface area (Å²) in [6.07, 6.45) is 0. The predicted octanol–water partition coefficient (Wildman–Crippen LogP) is 4.78. The average molecular weight is 225 g/mol. The highest BCUT2D eigenvalue weighted by atomic mass is 14.9. The Hall–Kier alpha value is -2.02. The van der Waals surface area contributed by atoms with Gasteiger partial charge >= 0.3 is 0 Å². The SMILES string of the molecule is C=C(C)C(=C)C(=C)Nc1cccc(C(=C)C)c1. The van der Waals surface area contributed by atoms with Crippen molar-refractivity contribution in [3.8, 4) is 0 Å². The Morgan fingerprint density at radius 2 is 1.71 bits per heavy atom. The maximum atomic E-state index is 3.95. The van der Waals surface area contributed by atoms with Crippen molar-refractivity contribution >= 4 is 11.3 Å². The minimum Gasteiger partial charge on any atom is -0.356 e. The van der Waals surface area contributed by atoms with Gasteiger partial charge in [0.15, 0.2) is 0 Å². The van der Waals surface area contributed by atoms with E-state index < -0.39 is 0 Å². The Labute approximate surface area is 104 Å². The van der Waals surface area contributed by atoms with Crippen LogP contribution in [-0.2, 0) is 0 Å². The Balaban J connectivity index is 2.86. The summed E-state index contributed by atoms with van der Waals surface area (Å²) in [5.41, 5.74) is 5.67. The summed E-state index contributed by atoms with van der Waals surface area (Å²) in [6, 6.07) is 8.05. The highest BCUT2D eigenvalue weighted by molar-refractivity contribution is 5.67. The molecule has 0 heterocycles. The molecule has 1 aromatic carbocycles. The van der Waals surface area contributed by atoms with E-state index in [1.165, 1.54) is 0 Å². The Kier molecular flexibility index (Phi) is 4.11. The van der Waals surface area contributed by atoms with Crippen molar-refractivity contribution in [1.82, 2.24) is 0 Å². The number of benzene rings is 1. The first-order valence-corrected chi connectivity index (χ1v) is 5.49. The highest BCUT2D eigenvalue weighted by Gasteiger charge is 2.02. The monoisotopic (exact) mass is 225 g/mol. The minimum absolute atomic E-state index is 0.774. The van der Waals surface area contributed by atoms with Gasteiger partial charge in [0.25, 0.3) is 0 Å². The van der Waals surface area contributed by atoms with Crippen molar-refractivity contribution < 1.29 is 0 Å². The fourth-order valence-corrected chi connectivity index (χ4v) is 1.37. The minimum atomic E-state index is 0.774. The van der Waals surface area contributed by atoms with Crippen LogP contribution in [0.2, 0.25) is 0 Å². The van der Waals surface area contributed by atoms with Gasteiger partial charge in [-0.1, -0.05) is 44.0 Å². The molecule has 1 aromatic rings. The molecule has 0 saturated heterocycles. The third kappa shape index (κ3) is 3.49. The molecule has 0 aliphatic heterocycles. The van der Waals surface area contributed by atoms with E-state index in [0.717, 1.165) is 33.7 Å². The van der Waals surface area contributed by atoms with Crippen molar-refractivity contribution in [3.63, 3.8) is 0 Å². The Morgan fingerprint density at radius 3 is 2.24 bits per heavy atom. The molecule has 0 bridgehead atoms. The van der Waals surface area contributed by atoms with Gasteiger partial charge in [0.2, 0.25) is 0 Å². The highest BCUT2D eigenvalue weighted by Crippen LogP contribution is 2.21. The average Bonchev–Trinajstić information content (AvgIpc) is 2.28. The third-order valence-electron chi connectivity index (χ3n) is 2.53. The van der Waals surface area contributed by atoms with Gasteiger partial charge in [-0.3, -0.25) is 0 Å². The van der Waals surface area contributed by atoms with Gasteiger partial charge in [-0.15, -0.1) is 0 Å². The summed E-state index contributed by atoms with van der Waals surface area (Å²) in [5.74, 6) is 0. The summed E-state index contributed by atoms with van der Waals surface area (Å²) in [4.78, 5) is 0. The molecule has 1 N–H and O–H groups in total. The molecule has 0 atom stereocenters. The molecule has 0 saturated carbocycles. The summed E-state index contributed by atoms with van der Waals surface area (Å²) < 4.78 is 0. The second-order valence-electron chi connectivity index (χ2n) is 4.22. The molecular formula is C16H19N. The lowest BCUT2D eigenvalue weighted by Gasteiger charge is -2.13. The van der Waals surface area contributed by atoms with E-state index in [0.29, 0.717) is 0 Å². The lowest BCUT2D eigenvalue weighted by atomic mass is 10.1. The molecule has 1 rings (SSSR count). The lowest BCUT2D eigenvalue weighted by Crippen LogP contribution is -2.01. The molecule has 1 nitrogen and oxygen atoms in total. The summed E-state index contributed by atoms with van der Waals surface area (Å²) in [7, 11) is 0. The quantitative estimate of drug-likeness (QED) is 0.711. The molecule has 1 heteroatoms. The normalized spacial score (nSPS) is 9.53. The first-order chi connectivity index (χ1) is 7.91. The second kappa shape index (κ2) is 5.35. The Morgan fingerprint density at radius 1 is 1.06 bits per heavy atom. The predicted molar refractivity (Wildman–Crippen MR) is 77.9 cm³/mol. The van der Waals surface area contributed by atoms with Crippen LogP contribution in [0.25, 0.3) is 5.57 Å². The van der Waals surface area contributed by atoms with Crippen LogP contribution in [0.5, 0.6) is 0 Å². The molecular weight excluding hydrogens is 206 g/mol. The lowest BCUT2D eigenvalue weighted by molar-refractivity contribution is 1.35. The van der Waals surface area contributed by atoms with Crippen molar-refractivity contribution in [2.75, 3.05) is 5.32 Å². The van der Waals surface area contributed by atoms with E-state index in [1.807, 2.05) is 38.1 Å². The molecule has 0 aliphatic carbocycles. The standard InChI is InChI=1S/C16H19N/c1-11(2)13(5)14(6)17-16-9-7-8-15(10-16)12(3)4/h7-10,17H,1,3,5-6H2,2,4H3. The number of rotatable bonds is 5. The summed E-state index contributed by atoms with van der Waals surface area (Å²) in [6.45, 7) is 19.6. The third-order valence-corrected chi connectivity index (χ3v) is 2.53. The molecule has 0 radical (unpaired) electrons. The zero-order chi connectivity index (χ0) is 13.0. The zero-order valence-corrected chi connectivity index (χ0v) is 10.6. The van der Waals surface area contributed by atoms with Gasteiger partial charge in [-0.2, -0.15) is 0 Å². The first kappa shape index (κ1) is 13.0. The smallest absolute Gasteiger partial charge is 0.0390 e. The van der Waals surface area contributed by atoms with Crippen LogP contribution in [0, 0.1) is 0 Å². The maximum absolute atomic E-state index is 3.95. The van der Waals surface area contributed by atoms with E-state index in [9.17, 15) is 0 Å². The summed E-state index contributed by atoms with van der Waals surface area (Å²) in [5, 5.41) is 3.22. The fraction of sp³-hybridized carbons (Fsp3) is 0.125. The van der Waals surface area contributed by atoms with E-state index >= 15 is 0 Å². The molecule has 0 aliphatic rings. The van der Waals surface area contributed by atoms with Gasteiger partial charge in [-0.25, -0.2) is 0 Å². The van der Waals surface area contributed by atoms with Crippen molar-refractivity contribution in [1.29, 1.82) is 0 Å². The molecule has 17 heavy (non-hydrogen) atoms. The van der Waals surface area contributed by atoms with Crippen LogP contribution in [-0.4, -0.2) is 0 Å². The van der Waals surface area contributed by atoms with Gasteiger partial charge in [0.05, 0.1) is 0 Å². The molecule has 88 valence electrons. The zero-order valence-electron chi connectivity index (χ0n) is 10.6. The molecule has 0 amide bonds.